The quantitative estimate of drug-likeness (QED) is 0.287. The van der Waals surface area contributed by atoms with Crippen molar-refractivity contribution in [2.75, 3.05) is 26.2 Å². The van der Waals surface area contributed by atoms with Crippen LogP contribution in [-0.2, 0) is 0 Å². The smallest absolute Gasteiger partial charge is 0.251 e. The summed E-state index contributed by atoms with van der Waals surface area (Å²) in [5.41, 5.74) is 9.10. The van der Waals surface area contributed by atoms with Gasteiger partial charge in [0.25, 0.3) is 5.91 Å². The van der Waals surface area contributed by atoms with Gasteiger partial charge in [0.1, 0.15) is 0 Å². The van der Waals surface area contributed by atoms with E-state index in [9.17, 15) is 9.18 Å². The van der Waals surface area contributed by atoms with Crippen LogP contribution in [0.5, 0.6) is 0 Å². The molecule has 1 unspecified atom stereocenters. The van der Waals surface area contributed by atoms with Gasteiger partial charge in [-0.2, -0.15) is 0 Å². The first-order valence-electron chi connectivity index (χ1n) is 10.9. The normalized spacial score (nSPS) is 12.7. The Labute approximate surface area is 190 Å². The molecule has 6 nitrogen and oxygen atoms in total. The number of thiazole rings is 1. The fraction of sp³-hybridized carbons (Fsp3) is 0.333. The zero-order valence-electron chi connectivity index (χ0n) is 18.3. The highest BCUT2D eigenvalue weighted by Gasteiger charge is 2.13. The maximum absolute atomic E-state index is 13.2. The van der Waals surface area contributed by atoms with Crippen molar-refractivity contribution in [2.45, 2.75) is 26.6 Å². The van der Waals surface area contributed by atoms with Gasteiger partial charge in [-0.25, -0.2) is 9.37 Å². The van der Waals surface area contributed by atoms with Gasteiger partial charge in [-0.1, -0.05) is 49.4 Å². The van der Waals surface area contributed by atoms with E-state index in [0.29, 0.717) is 17.7 Å². The minimum Gasteiger partial charge on any atom is -0.352 e. The van der Waals surface area contributed by atoms with Crippen molar-refractivity contribution in [1.82, 2.24) is 19.6 Å². The Hall–Kier alpha value is -2.81. The van der Waals surface area contributed by atoms with E-state index in [4.69, 9.17) is 10.7 Å². The monoisotopic (exact) mass is 453 g/mol. The summed E-state index contributed by atoms with van der Waals surface area (Å²) in [6, 6.07) is 12.7. The van der Waals surface area contributed by atoms with Crippen LogP contribution in [0.2, 0.25) is 0 Å². The molecular weight excluding hydrogens is 425 g/mol. The highest BCUT2D eigenvalue weighted by atomic mass is 32.1. The highest BCUT2D eigenvalue weighted by molar-refractivity contribution is 7.23. The molecule has 3 N–H and O–H groups in total. The molecule has 2 aromatic heterocycles. The third-order valence-corrected chi connectivity index (χ3v) is 6.73. The Bertz CT molecular complexity index is 1210. The van der Waals surface area contributed by atoms with Crippen LogP contribution < -0.4 is 11.1 Å². The molecular formula is C24H28FN5OS. The number of alkyl halides is 1. The number of carbonyl (C=O) groups is 1. The summed E-state index contributed by atoms with van der Waals surface area (Å²) in [5.74, 6) is -0.0515. The van der Waals surface area contributed by atoms with Crippen LogP contribution in [0, 0.1) is 0 Å². The van der Waals surface area contributed by atoms with E-state index in [1.54, 1.807) is 23.5 Å². The van der Waals surface area contributed by atoms with Gasteiger partial charge in [0.2, 0.25) is 0 Å². The van der Waals surface area contributed by atoms with E-state index in [1.807, 2.05) is 40.9 Å². The van der Waals surface area contributed by atoms with Gasteiger partial charge in [-0.15, -0.1) is 0 Å². The van der Waals surface area contributed by atoms with E-state index < -0.39 is 6.30 Å². The van der Waals surface area contributed by atoms with Crippen molar-refractivity contribution >= 4 is 32.4 Å². The number of hydrogen-bond acceptors (Lipinski definition) is 5. The average molecular weight is 454 g/mol. The first-order chi connectivity index (χ1) is 15.5. The van der Waals surface area contributed by atoms with Crippen LogP contribution in [0.1, 0.15) is 42.5 Å². The summed E-state index contributed by atoms with van der Waals surface area (Å²) in [4.78, 5) is 20.5. The fourth-order valence-corrected chi connectivity index (χ4v) is 4.81. The lowest BCUT2D eigenvalue weighted by Crippen LogP contribution is -2.29. The summed E-state index contributed by atoms with van der Waals surface area (Å²) >= 11 is 1.54. The number of nitrogens with one attached hydrogen (secondary N) is 1. The van der Waals surface area contributed by atoms with E-state index in [1.165, 1.54) is 0 Å². The lowest BCUT2D eigenvalue weighted by atomic mass is 10.1. The zero-order valence-corrected chi connectivity index (χ0v) is 19.2. The van der Waals surface area contributed by atoms with Crippen molar-refractivity contribution in [3.8, 4) is 11.3 Å². The molecule has 168 valence electrons. The fourth-order valence-electron chi connectivity index (χ4n) is 3.77. The number of amides is 1. The molecule has 0 radical (unpaired) electrons. The third-order valence-electron chi connectivity index (χ3n) is 5.71. The van der Waals surface area contributed by atoms with Crippen LogP contribution >= 0.6 is 11.3 Å². The predicted molar refractivity (Wildman–Crippen MR) is 129 cm³/mol. The van der Waals surface area contributed by atoms with Crippen LogP contribution in [-0.4, -0.2) is 46.4 Å². The molecule has 0 fully saturated rings. The first kappa shape index (κ1) is 22.4. The van der Waals surface area contributed by atoms with E-state index in [2.05, 4.69) is 24.1 Å². The number of benzene rings is 2. The first-order valence-corrected chi connectivity index (χ1v) is 11.7. The van der Waals surface area contributed by atoms with Crippen LogP contribution in [0.3, 0.4) is 0 Å². The van der Waals surface area contributed by atoms with E-state index in [0.717, 1.165) is 52.5 Å². The summed E-state index contributed by atoms with van der Waals surface area (Å²) in [6.07, 6.45) is 1.42. The van der Waals surface area contributed by atoms with E-state index >= 15 is 0 Å². The second-order valence-corrected chi connectivity index (χ2v) is 8.73. The van der Waals surface area contributed by atoms with Gasteiger partial charge in [-0.05, 0) is 44.3 Å². The molecule has 32 heavy (non-hydrogen) atoms. The molecule has 8 heteroatoms. The number of carbonyl (C=O) groups excluding carboxylic acids is 1. The number of aromatic nitrogens is 2. The number of fused-ring (bicyclic) bond motifs is 3. The van der Waals surface area contributed by atoms with Gasteiger partial charge in [0.15, 0.2) is 11.3 Å². The second kappa shape index (κ2) is 9.77. The van der Waals surface area contributed by atoms with Gasteiger partial charge in [0, 0.05) is 29.4 Å². The van der Waals surface area contributed by atoms with Gasteiger partial charge < -0.3 is 10.2 Å². The standard InChI is InChI=1S/C24H28FN5OS/c1-3-29(4-2)13-5-12-27-23(31)18-10-11-20-21(14-18)32-24-28-19(15-30(20)24)16-6-8-17(9-7-16)22(25)26/h6-11,14-15,22H,3-5,12-13,26H2,1-2H3,(H,27,31). The predicted octanol–water partition coefficient (Wildman–Crippen LogP) is 4.60. The molecule has 2 heterocycles. The molecule has 4 rings (SSSR count). The number of nitrogens with two attached hydrogens (primary N) is 1. The minimum atomic E-state index is -1.48. The van der Waals surface area contributed by atoms with Crippen molar-refractivity contribution in [1.29, 1.82) is 0 Å². The minimum absolute atomic E-state index is 0.0515. The molecule has 1 atom stereocenters. The Morgan fingerprint density at radius 1 is 1.22 bits per heavy atom. The summed E-state index contributed by atoms with van der Waals surface area (Å²) in [6.45, 7) is 8.00. The molecule has 0 aliphatic rings. The number of imidazole rings is 1. The SMILES string of the molecule is CCN(CC)CCCNC(=O)c1ccc2c(c1)sc1nc(-c3ccc(C(N)F)cc3)cn12. The Morgan fingerprint density at radius 2 is 1.97 bits per heavy atom. The Balaban J connectivity index is 1.47. The maximum atomic E-state index is 13.2. The molecule has 4 aromatic rings. The third kappa shape index (κ3) is 4.67. The van der Waals surface area contributed by atoms with Crippen LogP contribution in [0.25, 0.3) is 26.4 Å². The van der Waals surface area contributed by atoms with Gasteiger partial charge in [-0.3, -0.25) is 14.9 Å². The van der Waals surface area contributed by atoms with Gasteiger partial charge >= 0.3 is 0 Å². The number of nitrogens with zero attached hydrogens (tertiary/aromatic N) is 3. The van der Waals surface area contributed by atoms with Crippen LogP contribution in [0.4, 0.5) is 4.39 Å². The highest BCUT2D eigenvalue weighted by Crippen LogP contribution is 2.30. The topological polar surface area (TPSA) is 75.7 Å². The average Bonchev–Trinajstić information content (AvgIpc) is 3.36. The molecule has 0 bridgehead atoms. The largest absolute Gasteiger partial charge is 0.352 e. The maximum Gasteiger partial charge on any atom is 0.251 e. The van der Waals surface area contributed by atoms with Crippen molar-refractivity contribution in [3.63, 3.8) is 0 Å². The van der Waals surface area contributed by atoms with Crippen LogP contribution in [0.15, 0.2) is 48.7 Å². The summed E-state index contributed by atoms with van der Waals surface area (Å²) < 4.78 is 16.3. The molecule has 0 saturated heterocycles. The number of halogens is 1. The van der Waals surface area contributed by atoms with Gasteiger partial charge in [0.05, 0.1) is 15.9 Å². The molecule has 0 aliphatic carbocycles. The zero-order chi connectivity index (χ0) is 22.7. The second-order valence-electron chi connectivity index (χ2n) is 7.72. The number of rotatable bonds is 9. The number of hydrogen-bond donors (Lipinski definition) is 2. The lowest BCUT2D eigenvalue weighted by molar-refractivity contribution is 0.0952. The summed E-state index contributed by atoms with van der Waals surface area (Å²) in [7, 11) is 0. The Morgan fingerprint density at radius 3 is 2.66 bits per heavy atom. The van der Waals surface area contributed by atoms with Crippen molar-refractivity contribution in [2.24, 2.45) is 5.73 Å². The molecule has 1 amide bonds. The molecule has 0 saturated carbocycles. The van der Waals surface area contributed by atoms with Crippen molar-refractivity contribution in [3.05, 3.63) is 59.8 Å². The lowest BCUT2D eigenvalue weighted by Gasteiger charge is -2.17. The Kier molecular flexibility index (Phi) is 6.83. The molecule has 0 aliphatic heterocycles. The van der Waals surface area contributed by atoms with E-state index in [-0.39, 0.29) is 5.91 Å². The summed E-state index contributed by atoms with van der Waals surface area (Å²) in [5, 5.41) is 3.02. The van der Waals surface area contributed by atoms with Crippen molar-refractivity contribution < 1.29 is 9.18 Å². The molecule has 2 aromatic carbocycles. The molecule has 0 spiro atoms.